The molecule has 5 heteroatoms. The van der Waals surface area contributed by atoms with Crippen molar-refractivity contribution >= 4 is 16.9 Å². The van der Waals surface area contributed by atoms with Crippen molar-refractivity contribution in [2.24, 2.45) is 0 Å². The van der Waals surface area contributed by atoms with Gasteiger partial charge in [0.05, 0.1) is 18.3 Å². The molecule has 0 bridgehead atoms. The first-order valence-electron chi connectivity index (χ1n) is 4.83. The van der Waals surface area contributed by atoms with Gasteiger partial charge in [0.25, 0.3) is 0 Å². The third-order valence-corrected chi connectivity index (χ3v) is 2.96. The van der Waals surface area contributed by atoms with Crippen molar-refractivity contribution in [3.63, 3.8) is 0 Å². The van der Waals surface area contributed by atoms with Crippen molar-refractivity contribution in [3.05, 3.63) is 42.5 Å². The second kappa shape index (κ2) is 4.59. The summed E-state index contributed by atoms with van der Waals surface area (Å²) in [7, 11) is 0. The van der Waals surface area contributed by atoms with E-state index in [9.17, 15) is 4.55 Å². The lowest BCUT2D eigenvalue weighted by Gasteiger charge is -2.11. The lowest BCUT2D eigenvalue weighted by atomic mass is 10.2. The van der Waals surface area contributed by atoms with Gasteiger partial charge in [-0.2, -0.15) is 0 Å². The number of benzene rings is 1. The smallest absolute Gasteiger partial charge is 0.132 e. The Morgan fingerprint density at radius 2 is 2.31 bits per heavy atom. The summed E-state index contributed by atoms with van der Waals surface area (Å²) in [5.74, 6) is 0.499. The van der Waals surface area contributed by atoms with E-state index in [1.165, 1.54) is 0 Å². The van der Waals surface area contributed by atoms with Crippen LogP contribution in [-0.2, 0) is 16.9 Å². The fourth-order valence-electron chi connectivity index (χ4n) is 1.59. The van der Waals surface area contributed by atoms with E-state index < -0.39 is 11.2 Å². The van der Waals surface area contributed by atoms with Crippen LogP contribution in [0.5, 0.6) is 0 Å². The van der Waals surface area contributed by atoms with Crippen LogP contribution in [0.2, 0.25) is 0 Å². The van der Waals surface area contributed by atoms with Crippen LogP contribution in [0.4, 0.5) is 5.69 Å². The average molecular weight is 235 g/mol. The Morgan fingerprint density at radius 3 is 2.94 bits per heavy atom. The maximum absolute atomic E-state index is 11.3. The number of aromatic nitrogens is 2. The van der Waals surface area contributed by atoms with Crippen LogP contribution < -0.4 is 5.73 Å². The molecule has 0 saturated carbocycles. The highest BCUT2D eigenvalue weighted by Gasteiger charge is 2.09. The Labute approximate surface area is 97.3 Å². The molecule has 1 aromatic carbocycles. The molecule has 0 aliphatic carbocycles. The fourth-order valence-corrected chi connectivity index (χ4v) is 2.26. The molecule has 1 atom stereocenters. The summed E-state index contributed by atoms with van der Waals surface area (Å²) in [6, 6.07) is 5.60. The fraction of sp³-hybridized carbons (Fsp3) is 0.182. The molecule has 1 aromatic heterocycles. The lowest BCUT2D eigenvalue weighted by molar-refractivity contribution is 0.600. The van der Waals surface area contributed by atoms with E-state index in [4.69, 9.17) is 5.73 Å². The number of nitrogen functional groups attached to an aromatic ring is 1. The average Bonchev–Trinajstić information content (AvgIpc) is 2.69. The monoisotopic (exact) mass is 235 g/mol. The maximum atomic E-state index is 11.3. The van der Waals surface area contributed by atoms with Crippen LogP contribution >= 0.6 is 0 Å². The number of hydrogen-bond donors (Lipinski definition) is 1. The number of nitrogens with two attached hydrogens (primary N) is 1. The van der Waals surface area contributed by atoms with E-state index >= 15 is 0 Å². The topological polar surface area (TPSA) is 66.9 Å². The Kier molecular flexibility index (Phi) is 3.17. The van der Waals surface area contributed by atoms with Crippen molar-refractivity contribution < 1.29 is 4.55 Å². The molecule has 0 spiro atoms. The predicted molar refractivity (Wildman–Crippen MR) is 65.7 cm³/mol. The minimum absolute atomic E-state index is 0.499. The van der Waals surface area contributed by atoms with E-state index in [1.54, 1.807) is 18.8 Å². The number of anilines is 1. The summed E-state index contributed by atoms with van der Waals surface area (Å²) < 4.78 is 13.2. The van der Waals surface area contributed by atoms with Crippen LogP contribution in [0, 0.1) is 0 Å². The summed E-state index contributed by atoms with van der Waals surface area (Å²) in [4.78, 5) is 4.00. The molecular formula is C11H13N3OS. The summed E-state index contributed by atoms with van der Waals surface area (Å²) in [6.45, 7) is 0. The van der Waals surface area contributed by atoms with Gasteiger partial charge in [-0.15, -0.1) is 0 Å². The normalized spacial score (nSPS) is 12.6. The Morgan fingerprint density at radius 1 is 1.50 bits per heavy atom. The molecule has 16 heavy (non-hydrogen) atoms. The number of nitrogens with zero attached hydrogens (tertiary/aromatic N) is 2. The van der Waals surface area contributed by atoms with Crippen molar-refractivity contribution in [3.8, 4) is 5.69 Å². The molecule has 0 saturated heterocycles. The minimum atomic E-state index is -0.886. The third kappa shape index (κ3) is 2.37. The third-order valence-electron chi connectivity index (χ3n) is 2.24. The Bertz CT molecular complexity index is 468. The lowest BCUT2D eigenvalue weighted by Crippen LogP contribution is -2.06. The molecule has 0 amide bonds. The molecule has 1 unspecified atom stereocenters. The van der Waals surface area contributed by atoms with Crippen molar-refractivity contribution in [1.29, 1.82) is 0 Å². The molecule has 0 radical (unpaired) electrons. The first-order valence-corrected chi connectivity index (χ1v) is 6.56. The molecule has 2 aromatic rings. The molecule has 2 rings (SSSR count). The largest absolute Gasteiger partial charge is 0.616 e. The van der Waals surface area contributed by atoms with Crippen molar-refractivity contribution in [1.82, 2.24) is 9.55 Å². The maximum Gasteiger partial charge on any atom is 0.132 e. The van der Waals surface area contributed by atoms with E-state index in [-0.39, 0.29) is 0 Å². The second-order valence-corrected chi connectivity index (χ2v) is 5.01. The van der Waals surface area contributed by atoms with Gasteiger partial charge in [0.2, 0.25) is 0 Å². The summed E-state index contributed by atoms with van der Waals surface area (Å²) >= 11 is -0.886. The van der Waals surface area contributed by atoms with Crippen molar-refractivity contribution in [2.45, 2.75) is 5.75 Å². The molecule has 0 aliphatic heterocycles. The molecule has 4 nitrogen and oxygen atoms in total. The summed E-state index contributed by atoms with van der Waals surface area (Å²) in [5, 5.41) is 0. The molecule has 0 aliphatic rings. The first kappa shape index (κ1) is 11.0. The Balaban J connectivity index is 2.44. The Hall–Kier alpha value is -1.46. The van der Waals surface area contributed by atoms with E-state index in [2.05, 4.69) is 4.98 Å². The van der Waals surface area contributed by atoms with Crippen LogP contribution in [-0.4, -0.2) is 20.4 Å². The molecule has 2 N–H and O–H groups in total. The SMILES string of the molecule is C[S+]([O-])Cc1cc(N)ccc1-n1ccnc1. The van der Waals surface area contributed by atoms with Gasteiger partial charge in [0.15, 0.2) is 0 Å². The molecular weight excluding hydrogens is 222 g/mol. The highest BCUT2D eigenvalue weighted by Crippen LogP contribution is 2.19. The quantitative estimate of drug-likeness (QED) is 0.644. The van der Waals surface area contributed by atoms with Gasteiger partial charge in [-0.25, -0.2) is 4.98 Å². The van der Waals surface area contributed by atoms with Crippen LogP contribution in [0.25, 0.3) is 5.69 Å². The zero-order valence-corrected chi connectivity index (χ0v) is 9.78. The van der Waals surface area contributed by atoms with Crippen LogP contribution in [0.15, 0.2) is 36.9 Å². The van der Waals surface area contributed by atoms with Crippen LogP contribution in [0.1, 0.15) is 5.56 Å². The zero-order valence-electron chi connectivity index (χ0n) is 8.96. The van der Waals surface area contributed by atoms with Crippen LogP contribution in [0.3, 0.4) is 0 Å². The predicted octanol–water partition coefficient (Wildman–Crippen LogP) is 1.33. The van der Waals surface area contributed by atoms with Gasteiger partial charge < -0.3 is 14.9 Å². The zero-order chi connectivity index (χ0) is 11.5. The van der Waals surface area contributed by atoms with Gasteiger partial charge in [0, 0.05) is 23.6 Å². The second-order valence-electron chi connectivity index (χ2n) is 3.58. The highest BCUT2D eigenvalue weighted by molar-refractivity contribution is 7.89. The highest BCUT2D eigenvalue weighted by atomic mass is 32.2. The first-order chi connectivity index (χ1) is 7.66. The van der Waals surface area contributed by atoms with Gasteiger partial charge in [-0.05, 0) is 18.2 Å². The summed E-state index contributed by atoms with van der Waals surface area (Å²) in [5.41, 5.74) is 8.36. The van der Waals surface area contributed by atoms with E-state index in [0.29, 0.717) is 11.4 Å². The number of hydrogen-bond acceptors (Lipinski definition) is 3. The molecule has 84 valence electrons. The standard InChI is InChI=1S/C11H13N3OS/c1-16(15)7-9-6-10(12)2-3-11(9)14-5-4-13-8-14/h2-6,8H,7,12H2,1H3. The minimum Gasteiger partial charge on any atom is -0.616 e. The number of imidazole rings is 1. The molecule has 0 fully saturated rings. The molecule has 1 heterocycles. The van der Waals surface area contributed by atoms with Gasteiger partial charge in [-0.1, -0.05) is 11.2 Å². The summed E-state index contributed by atoms with van der Waals surface area (Å²) in [6.07, 6.45) is 6.96. The van der Waals surface area contributed by atoms with E-state index in [1.807, 2.05) is 29.0 Å². The number of rotatable bonds is 3. The van der Waals surface area contributed by atoms with Gasteiger partial charge in [-0.3, -0.25) is 0 Å². The van der Waals surface area contributed by atoms with Gasteiger partial charge >= 0.3 is 0 Å². The van der Waals surface area contributed by atoms with Gasteiger partial charge in [0.1, 0.15) is 5.75 Å². The van der Waals surface area contributed by atoms with Crippen molar-refractivity contribution in [2.75, 3.05) is 12.0 Å². The van der Waals surface area contributed by atoms with E-state index in [0.717, 1.165) is 11.3 Å².